The van der Waals surface area contributed by atoms with Gasteiger partial charge in [-0.25, -0.2) is 9.78 Å². The molecule has 1 atom stereocenters. The monoisotopic (exact) mass is 420 g/mol. The molecule has 1 aliphatic rings. The van der Waals surface area contributed by atoms with Gasteiger partial charge in [0.2, 0.25) is 5.95 Å². The molecule has 164 valence electrons. The van der Waals surface area contributed by atoms with Crippen LogP contribution in [0.25, 0.3) is 11.0 Å². The molecule has 1 amide bonds. The molecular formula is C25H32N4O2. The van der Waals surface area contributed by atoms with E-state index in [2.05, 4.69) is 47.1 Å². The molecule has 0 spiro atoms. The number of nitrogens with zero attached hydrogens (tertiary/aromatic N) is 3. The van der Waals surface area contributed by atoms with Gasteiger partial charge in [0.15, 0.2) is 0 Å². The molecule has 1 N–H and O–H groups in total. The minimum absolute atomic E-state index is 0.134. The summed E-state index contributed by atoms with van der Waals surface area (Å²) in [7, 11) is 0. The number of hydrogen-bond acceptors (Lipinski definition) is 4. The Morgan fingerprint density at radius 3 is 2.65 bits per heavy atom. The fraction of sp³-hybridized carbons (Fsp3) is 0.440. The van der Waals surface area contributed by atoms with Crippen LogP contribution in [0.1, 0.15) is 44.7 Å². The zero-order valence-corrected chi connectivity index (χ0v) is 18.9. The van der Waals surface area contributed by atoms with E-state index in [1.54, 1.807) is 4.90 Å². The van der Waals surface area contributed by atoms with E-state index in [0.717, 1.165) is 42.9 Å². The topological polar surface area (TPSA) is 59.4 Å². The van der Waals surface area contributed by atoms with Crippen molar-refractivity contribution in [2.45, 2.75) is 58.7 Å². The molecule has 0 aliphatic carbocycles. The summed E-state index contributed by atoms with van der Waals surface area (Å²) < 4.78 is 7.80. The summed E-state index contributed by atoms with van der Waals surface area (Å²) in [6.45, 7) is 9.89. The predicted molar refractivity (Wildman–Crippen MR) is 124 cm³/mol. The second-order valence-electron chi connectivity index (χ2n) is 9.41. The number of fused-ring (bicyclic) bond motifs is 1. The van der Waals surface area contributed by atoms with Crippen LogP contribution in [-0.4, -0.2) is 45.3 Å². The van der Waals surface area contributed by atoms with Crippen molar-refractivity contribution in [3.63, 3.8) is 0 Å². The zero-order valence-electron chi connectivity index (χ0n) is 18.9. The van der Waals surface area contributed by atoms with Crippen molar-refractivity contribution >= 4 is 23.1 Å². The van der Waals surface area contributed by atoms with Crippen molar-refractivity contribution in [2.24, 2.45) is 0 Å². The molecule has 3 aromatic rings. The Hall–Kier alpha value is -3.02. The van der Waals surface area contributed by atoms with E-state index in [9.17, 15) is 4.79 Å². The molecule has 1 saturated heterocycles. The summed E-state index contributed by atoms with van der Waals surface area (Å²) in [4.78, 5) is 19.2. The third-order valence-corrected chi connectivity index (χ3v) is 5.52. The van der Waals surface area contributed by atoms with Gasteiger partial charge in [0.25, 0.3) is 0 Å². The molecule has 2 heterocycles. The number of amides is 1. The van der Waals surface area contributed by atoms with E-state index in [1.807, 2.05) is 39.0 Å². The average Bonchev–Trinajstić information content (AvgIpc) is 3.06. The number of aryl methyl sites for hydroxylation is 1. The fourth-order valence-electron chi connectivity index (χ4n) is 3.99. The number of carbonyl (C=O) groups is 1. The van der Waals surface area contributed by atoms with Crippen molar-refractivity contribution in [1.29, 1.82) is 0 Å². The first kappa shape index (κ1) is 21.2. The van der Waals surface area contributed by atoms with Crippen LogP contribution in [0.15, 0.2) is 48.5 Å². The Bertz CT molecular complexity index is 1050. The minimum Gasteiger partial charge on any atom is -0.444 e. The Morgan fingerprint density at radius 1 is 1.16 bits per heavy atom. The van der Waals surface area contributed by atoms with E-state index >= 15 is 0 Å². The molecule has 1 aliphatic heterocycles. The van der Waals surface area contributed by atoms with Gasteiger partial charge in [-0.05, 0) is 58.2 Å². The number of carbonyl (C=O) groups excluding carboxylic acids is 1. The van der Waals surface area contributed by atoms with Gasteiger partial charge in [-0.2, -0.15) is 0 Å². The lowest BCUT2D eigenvalue weighted by Crippen LogP contribution is -2.47. The van der Waals surface area contributed by atoms with Gasteiger partial charge in [-0.3, -0.25) is 0 Å². The number of ether oxygens (including phenoxy) is 1. The van der Waals surface area contributed by atoms with Crippen LogP contribution in [-0.2, 0) is 11.3 Å². The number of nitrogens with one attached hydrogen (secondary N) is 1. The van der Waals surface area contributed by atoms with Crippen molar-refractivity contribution in [2.75, 3.05) is 18.4 Å². The summed E-state index contributed by atoms with van der Waals surface area (Å²) in [6.07, 6.45) is 1.69. The normalized spacial score (nSPS) is 17.0. The summed E-state index contributed by atoms with van der Waals surface area (Å²) in [5.74, 6) is 0.845. The lowest BCUT2D eigenvalue weighted by molar-refractivity contribution is 0.0206. The maximum absolute atomic E-state index is 12.5. The molecule has 1 fully saturated rings. The van der Waals surface area contributed by atoms with Crippen molar-refractivity contribution < 1.29 is 9.53 Å². The maximum atomic E-state index is 12.5. The molecule has 31 heavy (non-hydrogen) atoms. The lowest BCUT2D eigenvalue weighted by atomic mass is 10.1. The molecule has 0 radical (unpaired) electrons. The second kappa shape index (κ2) is 8.61. The summed E-state index contributed by atoms with van der Waals surface area (Å²) in [5.41, 5.74) is 4.07. The van der Waals surface area contributed by atoms with Crippen LogP contribution >= 0.6 is 0 Å². The molecule has 6 nitrogen and oxygen atoms in total. The minimum atomic E-state index is -0.487. The van der Waals surface area contributed by atoms with Crippen LogP contribution in [0.2, 0.25) is 0 Å². The van der Waals surface area contributed by atoms with E-state index in [-0.39, 0.29) is 12.1 Å². The predicted octanol–water partition coefficient (Wildman–Crippen LogP) is 5.20. The first-order chi connectivity index (χ1) is 14.8. The highest BCUT2D eigenvalue weighted by atomic mass is 16.6. The van der Waals surface area contributed by atoms with Crippen molar-refractivity contribution in [3.8, 4) is 0 Å². The number of hydrogen-bond donors (Lipinski definition) is 1. The van der Waals surface area contributed by atoms with Gasteiger partial charge < -0.3 is 19.5 Å². The fourth-order valence-corrected chi connectivity index (χ4v) is 3.99. The third kappa shape index (κ3) is 5.19. The molecule has 0 unspecified atom stereocenters. The summed E-state index contributed by atoms with van der Waals surface area (Å²) >= 11 is 0. The number of anilines is 1. The van der Waals surface area contributed by atoms with Crippen LogP contribution in [0, 0.1) is 6.92 Å². The van der Waals surface area contributed by atoms with Gasteiger partial charge in [-0.15, -0.1) is 0 Å². The van der Waals surface area contributed by atoms with Crippen molar-refractivity contribution in [1.82, 2.24) is 14.5 Å². The Labute approximate surface area is 184 Å². The highest BCUT2D eigenvalue weighted by Gasteiger charge is 2.28. The van der Waals surface area contributed by atoms with E-state index in [0.29, 0.717) is 6.54 Å². The molecular weight excluding hydrogens is 388 g/mol. The maximum Gasteiger partial charge on any atom is 0.410 e. The SMILES string of the molecule is Cc1ccc(Cn2c(N[C@H]3CCCN(C(=O)OC(C)(C)C)C3)nc3ccccc32)cc1. The second-order valence-corrected chi connectivity index (χ2v) is 9.41. The van der Waals surface area contributed by atoms with Gasteiger partial charge in [-0.1, -0.05) is 42.0 Å². The standard InChI is InChI=1S/C25H32N4O2/c1-18-11-13-19(14-12-18)16-29-22-10-6-5-9-21(22)27-23(29)26-20-8-7-15-28(17-20)24(30)31-25(2,3)4/h5-6,9-14,20H,7-8,15-17H2,1-4H3,(H,26,27)/t20-/m0/s1. The highest BCUT2D eigenvalue weighted by Crippen LogP contribution is 2.24. The molecule has 0 bridgehead atoms. The number of aromatic nitrogens is 2. The Kier molecular flexibility index (Phi) is 5.90. The molecule has 2 aromatic carbocycles. The molecule has 6 heteroatoms. The molecule has 1 aromatic heterocycles. The summed E-state index contributed by atoms with van der Waals surface area (Å²) in [6, 6.07) is 17.0. The van der Waals surface area contributed by atoms with Crippen molar-refractivity contribution in [3.05, 3.63) is 59.7 Å². The Balaban J connectivity index is 1.55. The number of para-hydroxylation sites is 2. The van der Waals surface area contributed by atoms with Crippen LogP contribution in [0.4, 0.5) is 10.7 Å². The van der Waals surface area contributed by atoms with E-state index in [4.69, 9.17) is 9.72 Å². The van der Waals surface area contributed by atoms with Crippen LogP contribution in [0.5, 0.6) is 0 Å². The lowest BCUT2D eigenvalue weighted by Gasteiger charge is -2.34. The zero-order chi connectivity index (χ0) is 22.0. The molecule has 0 saturated carbocycles. The number of rotatable bonds is 4. The first-order valence-corrected chi connectivity index (χ1v) is 11.0. The Morgan fingerprint density at radius 2 is 1.90 bits per heavy atom. The van der Waals surface area contributed by atoms with E-state index < -0.39 is 5.60 Å². The smallest absolute Gasteiger partial charge is 0.410 e. The average molecular weight is 421 g/mol. The quantitative estimate of drug-likeness (QED) is 0.630. The van der Waals surface area contributed by atoms with Gasteiger partial charge in [0.1, 0.15) is 5.60 Å². The van der Waals surface area contributed by atoms with Gasteiger partial charge in [0.05, 0.1) is 17.6 Å². The van der Waals surface area contributed by atoms with Gasteiger partial charge in [0, 0.05) is 19.1 Å². The largest absolute Gasteiger partial charge is 0.444 e. The van der Waals surface area contributed by atoms with Gasteiger partial charge >= 0.3 is 6.09 Å². The molecule has 4 rings (SSSR count). The number of likely N-dealkylation sites (tertiary alicyclic amines) is 1. The first-order valence-electron chi connectivity index (χ1n) is 11.0. The number of benzene rings is 2. The summed E-state index contributed by atoms with van der Waals surface area (Å²) in [5, 5.41) is 3.62. The van der Waals surface area contributed by atoms with Crippen LogP contribution < -0.4 is 5.32 Å². The number of piperidine rings is 1. The number of imidazole rings is 1. The van der Waals surface area contributed by atoms with Crippen LogP contribution in [0.3, 0.4) is 0 Å². The third-order valence-electron chi connectivity index (χ3n) is 5.52. The van der Waals surface area contributed by atoms with E-state index in [1.165, 1.54) is 11.1 Å². The highest BCUT2D eigenvalue weighted by molar-refractivity contribution is 5.79.